The molecule has 3 nitrogen and oxygen atoms in total. The molecule has 0 fully saturated rings. The molecule has 0 spiro atoms. The van der Waals surface area contributed by atoms with Gasteiger partial charge in [0.1, 0.15) is 5.82 Å². The van der Waals surface area contributed by atoms with Gasteiger partial charge in [0, 0.05) is 30.2 Å². The van der Waals surface area contributed by atoms with Crippen LogP contribution in [0.3, 0.4) is 0 Å². The van der Waals surface area contributed by atoms with E-state index in [0.29, 0.717) is 6.54 Å². The number of hydrogen-bond donors (Lipinski definition) is 1. The number of anilines is 1. The normalized spacial score (nSPS) is 14.7. The van der Waals surface area contributed by atoms with Crippen molar-refractivity contribution in [3.8, 4) is 0 Å². The van der Waals surface area contributed by atoms with E-state index in [9.17, 15) is 0 Å². The summed E-state index contributed by atoms with van der Waals surface area (Å²) in [5.41, 5.74) is 9.31. The molecule has 18 heavy (non-hydrogen) atoms. The lowest BCUT2D eigenvalue weighted by atomic mass is 10.1. The third kappa shape index (κ3) is 2.02. The Morgan fingerprint density at radius 2 is 2.28 bits per heavy atom. The summed E-state index contributed by atoms with van der Waals surface area (Å²) in [6, 6.07) is 6.42. The lowest BCUT2D eigenvalue weighted by Crippen LogP contribution is -2.30. The van der Waals surface area contributed by atoms with Gasteiger partial charge in [-0.25, -0.2) is 4.98 Å². The Balaban J connectivity index is 1.86. The molecule has 3 heterocycles. The Labute approximate surface area is 111 Å². The van der Waals surface area contributed by atoms with Gasteiger partial charge in [0.2, 0.25) is 0 Å². The van der Waals surface area contributed by atoms with Crippen molar-refractivity contribution in [3.63, 3.8) is 0 Å². The number of thiophene rings is 1. The molecule has 1 aliphatic rings. The van der Waals surface area contributed by atoms with Gasteiger partial charge in [0.15, 0.2) is 0 Å². The van der Waals surface area contributed by atoms with Gasteiger partial charge in [0.25, 0.3) is 0 Å². The standard InChI is InChI=1S/C14H17N3S/c1-10-11(8-15)2-3-14(16-10)17-6-4-13-12(9-17)5-7-18-13/h2-3,5,7H,4,6,8-9,15H2,1H3. The van der Waals surface area contributed by atoms with E-state index in [1.807, 2.05) is 18.3 Å². The Morgan fingerprint density at radius 1 is 1.39 bits per heavy atom. The summed E-state index contributed by atoms with van der Waals surface area (Å²) in [7, 11) is 0. The monoisotopic (exact) mass is 259 g/mol. The van der Waals surface area contributed by atoms with Crippen LogP contribution in [0.25, 0.3) is 0 Å². The lowest BCUT2D eigenvalue weighted by molar-refractivity contribution is 0.729. The predicted molar refractivity (Wildman–Crippen MR) is 75.9 cm³/mol. The summed E-state index contributed by atoms with van der Waals surface area (Å²) in [6.45, 7) is 4.63. The quantitative estimate of drug-likeness (QED) is 0.901. The fourth-order valence-corrected chi connectivity index (χ4v) is 3.30. The number of nitrogens with zero attached hydrogens (tertiary/aromatic N) is 2. The third-order valence-electron chi connectivity index (χ3n) is 3.53. The average Bonchev–Trinajstić information content (AvgIpc) is 2.85. The van der Waals surface area contributed by atoms with Gasteiger partial charge in [-0.2, -0.15) is 0 Å². The summed E-state index contributed by atoms with van der Waals surface area (Å²) < 4.78 is 0. The van der Waals surface area contributed by atoms with Gasteiger partial charge in [-0.1, -0.05) is 6.07 Å². The van der Waals surface area contributed by atoms with Gasteiger partial charge < -0.3 is 10.6 Å². The molecule has 0 unspecified atom stereocenters. The lowest BCUT2D eigenvalue weighted by Gasteiger charge is -2.28. The van der Waals surface area contributed by atoms with E-state index in [-0.39, 0.29) is 0 Å². The van der Waals surface area contributed by atoms with Crippen molar-refractivity contribution in [2.75, 3.05) is 11.4 Å². The first-order valence-electron chi connectivity index (χ1n) is 6.24. The number of aromatic nitrogens is 1. The Morgan fingerprint density at radius 3 is 3.06 bits per heavy atom. The molecule has 1 aliphatic heterocycles. The number of rotatable bonds is 2. The number of nitrogens with two attached hydrogens (primary N) is 1. The van der Waals surface area contributed by atoms with Crippen LogP contribution >= 0.6 is 11.3 Å². The highest BCUT2D eigenvalue weighted by Crippen LogP contribution is 2.27. The van der Waals surface area contributed by atoms with Crippen molar-refractivity contribution in [3.05, 3.63) is 45.3 Å². The van der Waals surface area contributed by atoms with Crippen molar-refractivity contribution in [1.82, 2.24) is 4.98 Å². The van der Waals surface area contributed by atoms with Crippen LogP contribution in [0, 0.1) is 6.92 Å². The molecule has 2 aromatic heterocycles. The summed E-state index contributed by atoms with van der Waals surface area (Å²) in [5.74, 6) is 1.07. The Kier molecular flexibility index (Phi) is 3.06. The van der Waals surface area contributed by atoms with E-state index >= 15 is 0 Å². The molecule has 0 aromatic carbocycles. The van der Waals surface area contributed by atoms with E-state index in [1.165, 1.54) is 10.4 Å². The number of aryl methyl sites for hydroxylation is 1. The van der Waals surface area contributed by atoms with Crippen LogP contribution in [0.1, 0.15) is 21.7 Å². The first kappa shape index (κ1) is 11.7. The second kappa shape index (κ2) is 4.71. The average molecular weight is 259 g/mol. The fraction of sp³-hybridized carbons (Fsp3) is 0.357. The van der Waals surface area contributed by atoms with E-state index in [4.69, 9.17) is 5.73 Å². The van der Waals surface area contributed by atoms with E-state index < -0.39 is 0 Å². The minimum Gasteiger partial charge on any atom is -0.352 e. The molecule has 0 amide bonds. The van der Waals surface area contributed by atoms with Crippen LogP contribution in [0.15, 0.2) is 23.6 Å². The summed E-state index contributed by atoms with van der Waals surface area (Å²) in [4.78, 5) is 8.55. The molecule has 0 aliphatic carbocycles. The molecule has 0 saturated heterocycles. The van der Waals surface area contributed by atoms with Gasteiger partial charge >= 0.3 is 0 Å². The van der Waals surface area contributed by atoms with Crippen LogP contribution in [-0.4, -0.2) is 11.5 Å². The predicted octanol–water partition coefficient (Wildman–Crippen LogP) is 2.47. The van der Waals surface area contributed by atoms with Crippen LogP contribution < -0.4 is 10.6 Å². The van der Waals surface area contributed by atoms with Crippen molar-refractivity contribution in [2.24, 2.45) is 5.73 Å². The minimum atomic E-state index is 0.563. The summed E-state index contributed by atoms with van der Waals surface area (Å²) >= 11 is 1.87. The molecule has 0 saturated carbocycles. The molecule has 0 bridgehead atoms. The van der Waals surface area contributed by atoms with Gasteiger partial charge in [-0.15, -0.1) is 11.3 Å². The smallest absolute Gasteiger partial charge is 0.129 e. The zero-order valence-electron chi connectivity index (χ0n) is 10.5. The van der Waals surface area contributed by atoms with Crippen molar-refractivity contribution >= 4 is 17.2 Å². The highest BCUT2D eigenvalue weighted by atomic mass is 32.1. The number of hydrogen-bond acceptors (Lipinski definition) is 4. The Bertz CT molecular complexity index is 562. The van der Waals surface area contributed by atoms with Crippen molar-refractivity contribution < 1.29 is 0 Å². The maximum atomic E-state index is 5.68. The van der Waals surface area contributed by atoms with Crippen LogP contribution in [-0.2, 0) is 19.5 Å². The molecular formula is C14H17N3S. The van der Waals surface area contributed by atoms with Crippen LogP contribution in [0.5, 0.6) is 0 Å². The maximum absolute atomic E-state index is 5.68. The van der Waals surface area contributed by atoms with Crippen LogP contribution in [0.4, 0.5) is 5.82 Å². The van der Waals surface area contributed by atoms with Gasteiger partial charge in [-0.3, -0.25) is 0 Å². The Hall–Kier alpha value is -1.39. The molecule has 4 heteroatoms. The summed E-state index contributed by atoms with van der Waals surface area (Å²) in [6.07, 6.45) is 1.13. The van der Waals surface area contributed by atoms with Crippen molar-refractivity contribution in [1.29, 1.82) is 0 Å². The molecule has 0 atom stereocenters. The van der Waals surface area contributed by atoms with E-state index in [0.717, 1.165) is 36.6 Å². The topological polar surface area (TPSA) is 42.2 Å². The zero-order valence-corrected chi connectivity index (χ0v) is 11.3. The number of pyridine rings is 1. The zero-order chi connectivity index (χ0) is 12.5. The van der Waals surface area contributed by atoms with Crippen LogP contribution in [0.2, 0.25) is 0 Å². The highest BCUT2D eigenvalue weighted by molar-refractivity contribution is 7.10. The molecular weight excluding hydrogens is 242 g/mol. The number of fused-ring (bicyclic) bond motifs is 1. The largest absolute Gasteiger partial charge is 0.352 e. The maximum Gasteiger partial charge on any atom is 0.129 e. The minimum absolute atomic E-state index is 0.563. The van der Waals surface area contributed by atoms with Crippen molar-refractivity contribution in [2.45, 2.75) is 26.4 Å². The fourth-order valence-electron chi connectivity index (χ4n) is 2.41. The molecule has 3 rings (SSSR count). The molecule has 0 radical (unpaired) electrons. The first-order valence-corrected chi connectivity index (χ1v) is 7.12. The van der Waals surface area contributed by atoms with E-state index in [1.54, 1.807) is 0 Å². The third-order valence-corrected chi connectivity index (χ3v) is 4.56. The van der Waals surface area contributed by atoms with Gasteiger partial charge in [-0.05, 0) is 42.0 Å². The highest BCUT2D eigenvalue weighted by Gasteiger charge is 2.18. The second-order valence-corrected chi connectivity index (χ2v) is 5.66. The molecule has 2 aromatic rings. The SMILES string of the molecule is Cc1nc(N2CCc3sccc3C2)ccc1CN. The molecule has 94 valence electrons. The van der Waals surface area contributed by atoms with E-state index in [2.05, 4.69) is 33.5 Å². The molecule has 2 N–H and O–H groups in total. The summed E-state index contributed by atoms with van der Waals surface area (Å²) in [5, 5.41) is 2.18. The van der Waals surface area contributed by atoms with Gasteiger partial charge in [0.05, 0.1) is 0 Å². The second-order valence-electron chi connectivity index (χ2n) is 4.66. The first-order chi connectivity index (χ1) is 8.78.